The molecule has 1 aliphatic rings. The number of rotatable bonds is 5. The fourth-order valence-electron chi connectivity index (χ4n) is 4.09. The lowest BCUT2D eigenvalue weighted by Crippen LogP contribution is -2.46. The van der Waals surface area contributed by atoms with Crippen LogP contribution >= 0.6 is 0 Å². The van der Waals surface area contributed by atoms with Crippen molar-refractivity contribution in [1.29, 1.82) is 0 Å². The standard InChI is InChI=1S/C24H24FN3O5/c1-3-26-8-10-27(11-9-26)22-13-21-18(12-20(22)25)23(30)19(24(31)32)14-28(21)16-4-6-17(7-5-16)33-15(2)29/h4-7,12-14H,3,8-11H2,1-2H3,(H,31,32). The number of carboxylic acids is 1. The second kappa shape index (κ2) is 9.03. The highest BCUT2D eigenvalue weighted by atomic mass is 19.1. The molecule has 4 rings (SSSR count). The van der Waals surface area contributed by atoms with Crippen LogP contribution in [0.1, 0.15) is 24.2 Å². The van der Waals surface area contributed by atoms with Crippen LogP contribution < -0.4 is 15.1 Å². The van der Waals surface area contributed by atoms with Crippen LogP contribution in [0, 0.1) is 5.82 Å². The molecule has 9 heteroatoms. The van der Waals surface area contributed by atoms with Crippen LogP contribution in [0.25, 0.3) is 16.6 Å². The molecule has 3 aromatic rings. The first-order chi connectivity index (χ1) is 15.8. The van der Waals surface area contributed by atoms with Crippen LogP contribution in [-0.2, 0) is 4.79 Å². The van der Waals surface area contributed by atoms with Gasteiger partial charge in [-0.1, -0.05) is 6.92 Å². The Morgan fingerprint density at radius 3 is 2.33 bits per heavy atom. The van der Waals surface area contributed by atoms with E-state index in [1.165, 1.54) is 13.1 Å². The third-order valence-corrected chi connectivity index (χ3v) is 5.84. The summed E-state index contributed by atoms with van der Waals surface area (Å²) >= 11 is 0. The van der Waals surface area contributed by atoms with Crippen molar-refractivity contribution in [3.8, 4) is 11.4 Å². The number of ether oxygens (including phenoxy) is 1. The molecule has 33 heavy (non-hydrogen) atoms. The van der Waals surface area contributed by atoms with Gasteiger partial charge in [0.2, 0.25) is 5.43 Å². The highest BCUT2D eigenvalue weighted by Crippen LogP contribution is 2.28. The number of halogens is 1. The van der Waals surface area contributed by atoms with E-state index in [4.69, 9.17) is 4.74 Å². The Morgan fingerprint density at radius 1 is 1.09 bits per heavy atom. The Morgan fingerprint density at radius 2 is 1.76 bits per heavy atom. The number of aromatic nitrogens is 1. The number of carbonyl (C=O) groups is 2. The molecule has 0 amide bonds. The molecule has 1 N–H and O–H groups in total. The predicted octanol–water partition coefficient (Wildman–Crippen LogP) is 2.90. The van der Waals surface area contributed by atoms with E-state index in [1.807, 2.05) is 4.90 Å². The smallest absolute Gasteiger partial charge is 0.341 e. The van der Waals surface area contributed by atoms with Crippen molar-refractivity contribution in [3.05, 3.63) is 64.2 Å². The average Bonchev–Trinajstić information content (AvgIpc) is 2.79. The summed E-state index contributed by atoms with van der Waals surface area (Å²) in [6.45, 7) is 7.19. The molecule has 1 saturated heterocycles. The largest absolute Gasteiger partial charge is 0.477 e. The van der Waals surface area contributed by atoms with Gasteiger partial charge in [0.25, 0.3) is 0 Å². The van der Waals surface area contributed by atoms with Gasteiger partial charge in [-0.2, -0.15) is 0 Å². The van der Waals surface area contributed by atoms with E-state index in [0.717, 1.165) is 25.7 Å². The van der Waals surface area contributed by atoms with E-state index in [9.17, 15) is 19.5 Å². The van der Waals surface area contributed by atoms with Crippen LogP contribution in [0.4, 0.5) is 10.1 Å². The summed E-state index contributed by atoms with van der Waals surface area (Å²) in [5.41, 5.74) is 0.0825. The minimum Gasteiger partial charge on any atom is -0.477 e. The number of aromatic carboxylic acids is 1. The number of likely N-dealkylation sites (N-methyl/N-ethyl adjacent to an activating group) is 1. The number of piperazine rings is 1. The first-order valence-corrected chi connectivity index (χ1v) is 10.7. The topological polar surface area (TPSA) is 92.1 Å². The first kappa shape index (κ1) is 22.5. The Bertz CT molecular complexity index is 1280. The fourth-order valence-corrected chi connectivity index (χ4v) is 4.09. The van der Waals surface area contributed by atoms with E-state index in [2.05, 4.69) is 11.8 Å². The number of anilines is 1. The van der Waals surface area contributed by atoms with Crippen LogP contribution in [0.5, 0.6) is 5.75 Å². The zero-order valence-corrected chi connectivity index (χ0v) is 18.4. The van der Waals surface area contributed by atoms with E-state index in [1.54, 1.807) is 34.9 Å². The van der Waals surface area contributed by atoms with Gasteiger partial charge in [0.05, 0.1) is 11.2 Å². The lowest BCUT2D eigenvalue weighted by atomic mass is 10.1. The summed E-state index contributed by atoms with van der Waals surface area (Å²) in [6.07, 6.45) is 1.24. The van der Waals surface area contributed by atoms with E-state index < -0.39 is 28.7 Å². The molecular weight excluding hydrogens is 429 g/mol. The Labute approximate surface area is 189 Å². The molecule has 8 nitrogen and oxygen atoms in total. The van der Waals surface area contributed by atoms with Crippen LogP contribution in [0.3, 0.4) is 0 Å². The molecular formula is C24H24FN3O5. The highest BCUT2D eigenvalue weighted by molar-refractivity contribution is 5.94. The molecule has 0 saturated carbocycles. The number of fused-ring (bicyclic) bond motifs is 1. The number of carboxylic acid groups (broad SMARTS) is 1. The molecule has 0 atom stereocenters. The molecule has 0 radical (unpaired) electrons. The number of hydrogen-bond acceptors (Lipinski definition) is 6. The quantitative estimate of drug-likeness (QED) is 0.469. The van der Waals surface area contributed by atoms with Crippen molar-refractivity contribution in [2.45, 2.75) is 13.8 Å². The molecule has 1 fully saturated rings. The van der Waals surface area contributed by atoms with Crippen molar-refractivity contribution in [3.63, 3.8) is 0 Å². The maximum absolute atomic E-state index is 15.1. The van der Waals surface area contributed by atoms with Crippen molar-refractivity contribution < 1.29 is 23.8 Å². The number of carbonyl (C=O) groups excluding carboxylic acids is 1. The Balaban J connectivity index is 1.87. The number of nitrogens with zero attached hydrogens (tertiary/aromatic N) is 3. The zero-order valence-electron chi connectivity index (χ0n) is 18.4. The average molecular weight is 453 g/mol. The highest BCUT2D eigenvalue weighted by Gasteiger charge is 2.22. The normalized spacial score (nSPS) is 14.5. The molecule has 2 heterocycles. The van der Waals surface area contributed by atoms with Crippen molar-refractivity contribution in [2.75, 3.05) is 37.6 Å². The summed E-state index contributed by atoms with van der Waals surface area (Å²) in [7, 11) is 0. The molecule has 1 aliphatic heterocycles. The van der Waals surface area contributed by atoms with Crippen molar-refractivity contribution >= 4 is 28.5 Å². The van der Waals surface area contributed by atoms with Crippen LogP contribution in [0.15, 0.2) is 47.4 Å². The number of pyridine rings is 1. The van der Waals surface area contributed by atoms with Crippen molar-refractivity contribution in [1.82, 2.24) is 9.47 Å². The molecule has 0 bridgehead atoms. The van der Waals surface area contributed by atoms with Gasteiger partial charge in [-0.25, -0.2) is 9.18 Å². The number of benzene rings is 2. The molecule has 0 unspecified atom stereocenters. The monoisotopic (exact) mass is 453 g/mol. The molecule has 172 valence electrons. The van der Waals surface area contributed by atoms with Gasteiger partial charge >= 0.3 is 11.9 Å². The van der Waals surface area contributed by atoms with Gasteiger partial charge in [0.15, 0.2) is 0 Å². The summed E-state index contributed by atoms with van der Waals surface area (Å²) < 4.78 is 21.7. The Hall–Kier alpha value is -3.72. The second-order valence-corrected chi connectivity index (χ2v) is 7.88. The third kappa shape index (κ3) is 4.45. The second-order valence-electron chi connectivity index (χ2n) is 7.88. The van der Waals surface area contributed by atoms with Crippen molar-refractivity contribution in [2.24, 2.45) is 0 Å². The summed E-state index contributed by atoms with van der Waals surface area (Å²) in [5, 5.41) is 9.52. The lowest BCUT2D eigenvalue weighted by Gasteiger charge is -2.35. The van der Waals surface area contributed by atoms with E-state index >= 15 is 4.39 Å². The number of hydrogen-bond donors (Lipinski definition) is 1. The Kier molecular flexibility index (Phi) is 6.15. The maximum atomic E-state index is 15.1. The fraction of sp³-hybridized carbons (Fsp3) is 0.292. The van der Waals surface area contributed by atoms with Gasteiger partial charge in [-0.15, -0.1) is 0 Å². The van der Waals surface area contributed by atoms with Gasteiger partial charge < -0.3 is 24.2 Å². The lowest BCUT2D eigenvalue weighted by molar-refractivity contribution is -0.131. The van der Waals surface area contributed by atoms with E-state index in [0.29, 0.717) is 35.7 Å². The maximum Gasteiger partial charge on any atom is 0.341 e. The molecule has 0 aliphatic carbocycles. The SMILES string of the molecule is CCN1CCN(c2cc3c(cc2F)c(=O)c(C(=O)O)cn3-c2ccc(OC(C)=O)cc2)CC1. The van der Waals surface area contributed by atoms with Gasteiger partial charge in [0.1, 0.15) is 17.1 Å². The summed E-state index contributed by atoms with van der Waals surface area (Å²) in [5.74, 6) is -2.10. The minimum absolute atomic E-state index is 0.0209. The molecule has 1 aromatic heterocycles. The first-order valence-electron chi connectivity index (χ1n) is 10.7. The third-order valence-electron chi connectivity index (χ3n) is 5.84. The van der Waals surface area contributed by atoms with Crippen LogP contribution in [0.2, 0.25) is 0 Å². The minimum atomic E-state index is -1.40. The van der Waals surface area contributed by atoms with E-state index in [-0.39, 0.29) is 5.39 Å². The summed E-state index contributed by atoms with van der Waals surface area (Å²) in [4.78, 5) is 39.9. The predicted molar refractivity (Wildman–Crippen MR) is 122 cm³/mol. The molecule has 2 aromatic carbocycles. The number of esters is 1. The van der Waals surface area contributed by atoms with Gasteiger partial charge in [0, 0.05) is 50.4 Å². The van der Waals surface area contributed by atoms with Gasteiger partial charge in [-0.3, -0.25) is 9.59 Å². The van der Waals surface area contributed by atoms with Gasteiger partial charge in [-0.05, 0) is 42.9 Å². The molecule has 0 spiro atoms. The zero-order chi connectivity index (χ0) is 23.7. The van der Waals surface area contributed by atoms with Crippen LogP contribution in [-0.4, -0.2) is 59.2 Å². The summed E-state index contributed by atoms with van der Waals surface area (Å²) in [6, 6.07) is 9.12.